The van der Waals surface area contributed by atoms with Crippen LogP contribution >= 0.6 is 11.8 Å². The van der Waals surface area contributed by atoms with Gasteiger partial charge in [-0.05, 0) is 97.0 Å². The van der Waals surface area contributed by atoms with E-state index < -0.39 is 33.7 Å². The molecule has 0 spiro atoms. The number of H-pyrrole nitrogens is 2. The van der Waals surface area contributed by atoms with Crippen LogP contribution < -0.4 is 10.5 Å². The fourth-order valence-electron chi connectivity index (χ4n) is 6.30. The van der Waals surface area contributed by atoms with Gasteiger partial charge < -0.3 is 20.4 Å². The highest BCUT2D eigenvalue weighted by molar-refractivity contribution is 7.99. The van der Waals surface area contributed by atoms with Crippen LogP contribution in [0.25, 0.3) is 68.6 Å². The van der Waals surface area contributed by atoms with Crippen LogP contribution in [0.4, 0.5) is 23.2 Å². The van der Waals surface area contributed by atoms with Crippen molar-refractivity contribution in [3.8, 4) is 28.0 Å². The summed E-state index contributed by atoms with van der Waals surface area (Å²) in [5.74, 6) is -5.41. The van der Waals surface area contributed by atoms with Gasteiger partial charge in [0.2, 0.25) is 0 Å². The quantitative estimate of drug-likeness (QED) is 0.0627. The molecule has 6 aromatic rings. The number of nitrogens with zero attached hydrogens (tertiary/aromatic N) is 2. The molecule has 6 nitrogen and oxygen atoms in total. The number of fused-ring (bicyclic) bond motifs is 8. The van der Waals surface area contributed by atoms with Crippen molar-refractivity contribution in [1.29, 1.82) is 0 Å². The van der Waals surface area contributed by atoms with Crippen molar-refractivity contribution in [2.45, 2.75) is 29.6 Å². The van der Waals surface area contributed by atoms with Crippen LogP contribution in [0.2, 0.25) is 0 Å². The van der Waals surface area contributed by atoms with Crippen LogP contribution in [0.1, 0.15) is 42.5 Å². The molecule has 53 heavy (non-hydrogen) atoms. The van der Waals surface area contributed by atoms with Gasteiger partial charge >= 0.3 is 0 Å². The van der Waals surface area contributed by atoms with E-state index in [1.54, 1.807) is 48.6 Å². The molecule has 0 fully saturated rings. The number of aromatic amines is 2. The molecule has 0 atom stereocenters. The number of hydrogen-bond donors (Lipinski definition) is 3. The van der Waals surface area contributed by atoms with Crippen molar-refractivity contribution in [1.82, 2.24) is 19.9 Å². The van der Waals surface area contributed by atoms with Crippen LogP contribution in [0.15, 0.2) is 94.7 Å². The van der Waals surface area contributed by atoms with E-state index in [0.717, 1.165) is 40.9 Å². The number of hydrogen-bond acceptors (Lipinski definition) is 5. The second-order valence-corrected chi connectivity index (χ2v) is 13.6. The molecule has 2 aliphatic rings. The molecule has 0 aliphatic carbocycles. The van der Waals surface area contributed by atoms with Crippen molar-refractivity contribution in [2.75, 3.05) is 12.3 Å². The van der Waals surface area contributed by atoms with E-state index in [9.17, 15) is 0 Å². The first-order valence-electron chi connectivity index (χ1n) is 17.0. The van der Waals surface area contributed by atoms with E-state index in [0.29, 0.717) is 40.8 Å². The number of para-hydroxylation sites is 1. The predicted molar refractivity (Wildman–Crippen MR) is 205 cm³/mol. The molecule has 5 heterocycles. The SMILES string of the molecule is CCCCOc1ccc(-c2c3nc(cc4ccc([nH]4)c(-c4c(F)c(F)c(Sc5ccccc5N)c(F)c4F)c4nc(cc5ccc2[nH]5)C=C4)C=C3)cc1. The number of ether oxygens (including phenoxy) is 1. The minimum atomic E-state index is -1.56. The monoisotopic (exact) mass is 729 g/mol. The summed E-state index contributed by atoms with van der Waals surface area (Å²) in [4.78, 5) is 15.6. The van der Waals surface area contributed by atoms with Crippen LogP contribution in [0, 0.1) is 23.3 Å². The molecule has 2 aliphatic heterocycles. The summed E-state index contributed by atoms with van der Waals surface area (Å²) < 4.78 is 69.7. The number of nitrogens with one attached hydrogen (secondary N) is 2. The average Bonchev–Trinajstić information content (AvgIpc) is 3.99. The van der Waals surface area contributed by atoms with E-state index in [4.69, 9.17) is 15.5 Å². The maximum absolute atomic E-state index is 16.1. The Morgan fingerprint density at radius 1 is 0.660 bits per heavy atom. The Morgan fingerprint density at radius 3 is 1.85 bits per heavy atom. The number of unbranched alkanes of at least 4 members (excludes halogenated alkanes) is 1. The van der Waals surface area contributed by atoms with Crippen LogP contribution in [0.3, 0.4) is 0 Å². The summed E-state index contributed by atoms with van der Waals surface area (Å²) in [7, 11) is 0. The number of halogens is 4. The second-order valence-electron chi connectivity index (χ2n) is 12.5. The summed E-state index contributed by atoms with van der Waals surface area (Å²) in [6.07, 6.45) is 9.03. The summed E-state index contributed by atoms with van der Waals surface area (Å²) in [5.41, 5.74) is 11.1. The van der Waals surface area contributed by atoms with Gasteiger partial charge in [0.05, 0.1) is 39.8 Å². The summed E-state index contributed by atoms with van der Waals surface area (Å²) >= 11 is 0.513. The minimum absolute atomic E-state index is 0.107. The molecule has 11 heteroatoms. The first-order valence-corrected chi connectivity index (χ1v) is 17.8. The second kappa shape index (κ2) is 14.2. The van der Waals surface area contributed by atoms with Gasteiger partial charge in [0.1, 0.15) is 5.75 Å². The first-order chi connectivity index (χ1) is 25.8. The lowest BCUT2D eigenvalue weighted by molar-refractivity contribution is 0.309. The van der Waals surface area contributed by atoms with Crippen molar-refractivity contribution >= 4 is 63.8 Å². The normalized spacial score (nSPS) is 12.1. The molecule has 0 radical (unpaired) electrons. The Bertz CT molecular complexity index is 2600. The Labute approximate surface area is 306 Å². The zero-order valence-electron chi connectivity index (χ0n) is 28.3. The Hall–Kier alpha value is -6.07. The summed E-state index contributed by atoms with van der Waals surface area (Å²) in [6, 6.07) is 24.9. The van der Waals surface area contributed by atoms with E-state index in [1.807, 2.05) is 48.6 Å². The van der Waals surface area contributed by atoms with Crippen LogP contribution in [-0.4, -0.2) is 26.5 Å². The third kappa shape index (κ3) is 6.60. The Morgan fingerprint density at radius 2 is 1.25 bits per heavy atom. The predicted octanol–water partition coefficient (Wildman–Crippen LogP) is 11.5. The zero-order valence-corrected chi connectivity index (χ0v) is 29.1. The third-order valence-electron chi connectivity index (χ3n) is 8.91. The highest BCUT2D eigenvalue weighted by Crippen LogP contribution is 2.42. The first kappa shape index (κ1) is 34.0. The van der Waals surface area contributed by atoms with Crippen molar-refractivity contribution in [3.63, 3.8) is 0 Å². The molecular formula is C42H31F4N5OS. The van der Waals surface area contributed by atoms with Crippen molar-refractivity contribution in [3.05, 3.63) is 131 Å². The van der Waals surface area contributed by atoms with Gasteiger partial charge in [0.15, 0.2) is 23.3 Å². The highest BCUT2D eigenvalue weighted by atomic mass is 32.2. The number of nitrogens with two attached hydrogens (primary N) is 1. The molecule has 4 N–H and O–H groups in total. The fraction of sp³-hybridized carbons (Fsp3) is 0.0952. The number of aromatic nitrogens is 4. The standard InChI is InChI=1S/C42H31F4N5OS/c1-2-3-20-52-28-14-8-23(9-15-28)35-30-16-10-24(48-30)21-26-12-18-32(50-26)36(33-19-13-27(51-33)22-25-11-17-31(35)49-25)37-38(43)40(45)42(41(46)39(37)44)53-34-7-5-4-6-29(34)47/h4-19,21-22,48,51H,2-3,20,47H2,1H3. The Balaban J connectivity index is 1.32. The summed E-state index contributed by atoms with van der Waals surface area (Å²) in [5, 5.41) is 0. The maximum atomic E-state index is 16.1. The zero-order chi connectivity index (χ0) is 36.6. The molecular weight excluding hydrogens is 699 g/mol. The van der Waals surface area contributed by atoms with Gasteiger partial charge in [-0.25, -0.2) is 27.5 Å². The van der Waals surface area contributed by atoms with Gasteiger partial charge in [-0.15, -0.1) is 0 Å². The fourth-order valence-corrected chi connectivity index (χ4v) is 7.21. The highest BCUT2D eigenvalue weighted by Gasteiger charge is 2.30. The van der Waals surface area contributed by atoms with E-state index >= 15 is 17.6 Å². The lowest BCUT2D eigenvalue weighted by atomic mass is 10.0. The lowest BCUT2D eigenvalue weighted by Gasteiger charge is -2.13. The van der Waals surface area contributed by atoms with Gasteiger partial charge in [-0.3, -0.25) is 0 Å². The Kier molecular flexibility index (Phi) is 9.09. The average molecular weight is 730 g/mol. The van der Waals surface area contributed by atoms with Crippen LogP contribution in [0.5, 0.6) is 5.75 Å². The van der Waals surface area contributed by atoms with Crippen molar-refractivity contribution < 1.29 is 22.3 Å². The van der Waals surface area contributed by atoms with Gasteiger partial charge in [-0.1, -0.05) is 49.4 Å². The molecule has 3 aromatic heterocycles. The molecule has 3 aromatic carbocycles. The van der Waals surface area contributed by atoms with E-state index in [2.05, 4.69) is 21.9 Å². The summed E-state index contributed by atoms with van der Waals surface area (Å²) in [6.45, 7) is 2.77. The van der Waals surface area contributed by atoms with E-state index in [-0.39, 0.29) is 27.4 Å². The topological polar surface area (TPSA) is 92.6 Å². The lowest BCUT2D eigenvalue weighted by Crippen LogP contribution is -2.04. The number of rotatable bonds is 8. The molecule has 0 saturated heterocycles. The molecule has 8 bridgehead atoms. The van der Waals surface area contributed by atoms with Gasteiger partial charge in [0.25, 0.3) is 0 Å². The van der Waals surface area contributed by atoms with Crippen molar-refractivity contribution in [2.24, 2.45) is 0 Å². The number of benzene rings is 3. The largest absolute Gasteiger partial charge is 0.494 e. The van der Waals surface area contributed by atoms with E-state index in [1.165, 1.54) is 12.1 Å². The third-order valence-corrected chi connectivity index (χ3v) is 10.1. The molecule has 0 amide bonds. The molecule has 0 unspecified atom stereocenters. The number of anilines is 1. The van der Waals surface area contributed by atoms with Crippen LogP contribution in [-0.2, 0) is 0 Å². The maximum Gasteiger partial charge on any atom is 0.176 e. The smallest absolute Gasteiger partial charge is 0.176 e. The minimum Gasteiger partial charge on any atom is -0.494 e. The molecule has 8 rings (SSSR count). The molecule has 0 saturated carbocycles. The van der Waals surface area contributed by atoms with Gasteiger partial charge in [0, 0.05) is 43.8 Å². The van der Waals surface area contributed by atoms with Gasteiger partial charge in [-0.2, -0.15) is 0 Å². The number of nitrogen functional groups attached to an aromatic ring is 1. The molecule has 264 valence electrons.